The smallest absolute Gasteiger partial charge is 0.422 e. The SMILES string of the molecule is OB(O)c1ccc2ccc(-c3ccc4ncccc4c3)cc2n1. The highest BCUT2D eigenvalue weighted by Crippen LogP contribution is 2.26. The molecule has 0 amide bonds. The molecule has 4 aromatic rings. The van der Waals surface area contributed by atoms with E-state index in [2.05, 4.69) is 16.0 Å². The Balaban J connectivity index is 1.86. The van der Waals surface area contributed by atoms with Crippen LogP contribution >= 0.6 is 0 Å². The molecular formula is C18H13BN2O2. The van der Waals surface area contributed by atoms with Crippen molar-refractivity contribution in [1.29, 1.82) is 0 Å². The summed E-state index contributed by atoms with van der Waals surface area (Å²) in [5.74, 6) is 0. The van der Waals surface area contributed by atoms with E-state index >= 15 is 0 Å². The van der Waals surface area contributed by atoms with Crippen LogP contribution < -0.4 is 5.59 Å². The molecule has 0 unspecified atom stereocenters. The predicted octanol–water partition coefficient (Wildman–Crippen LogP) is 2.13. The first-order valence-corrected chi connectivity index (χ1v) is 7.33. The highest BCUT2D eigenvalue weighted by molar-refractivity contribution is 6.57. The Morgan fingerprint density at radius 1 is 0.739 bits per heavy atom. The molecule has 2 aromatic carbocycles. The van der Waals surface area contributed by atoms with Gasteiger partial charge < -0.3 is 10.0 Å². The minimum atomic E-state index is -1.56. The van der Waals surface area contributed by atoms with Gasteiger partial charge in [-0.25, -0.2) is 0 Å². The van der Waals surface area contributed by atoms with Crippen LogP contribution in [-0.4, -0.2) is 27.1 Å². The van der Waals surface area contributed by atoms with Gasteiger partial charge in [0.15, 0.2) is 0 Å². The van der Waals surface area contributed by atoms with Gasteiger partial charge in [-0.2, -0.15) is 0 Å². The summed E-state index contributed by atoms with van der Waals surface area (Å²) < 4.78 is 0. The fourth-order valence-corrected chi connectivity index (χ4v) is 2.71. The van der Waals surface area contributed by atoms with Crippen LogP contribution in [0.1, 0.15) is 0 Å². The molecule has 0 aliphatic carbocycles. The average Bonchev–Trinajstić information content (AvgIpc) is 2.60. The first kappa shape index (κ1) is 13.9. The molecule has 4 nitrogen and oxygen atoms in total. The van der Waals surface area contributed by atoms with Gasteiger partial charge in [-0.05, 0) is 41.5 Å². The zero-order valence-electron chi connectivity index (χ0n) is 12.2. The fraction of sp³-hybridized carbons (Fsp3) is 0. The Morgan fingerprint density at radius 3 is 2.39 bits per heavy atom. The second kappa shape index (κ2) is 5.46. The van der Waals surface area contributed by atoms with Gasteiger partial charge in [-0.3, -0.25) is 9.97 Å². The van der Waals surface area contributed by atoms with Crippen molar-refractivity contribution >= 4 is 34.5 Å². The van der Waals surface area contributed by atoms with Crippen molar-refractivity contribution in [3.8, 4) is 11.1 Å². The second-order valence-corrected chi connectivity index (χ2v) is 5.43. The highest BCUT2D eigenvalue weighted by atomic mass is 16.4. The maximum Gasteiger partial charge on any atom is 0.508 e. The first-order chi connectivity index (χ1) is 11.2. The summed E-state index contributed by atoms with van der Waals surface area (Å²) in [6.07, 6.45) is 1.78. The number of hydrogen-bond donors (Lipinski definition) is 2. The third kappa shape index (κ3) is 2.56. The molecule has 2 aromatic heterocycles. The Hall–Kier alpha value is -2.76. The van der Waals surface area contributed by atoms with Crippen LogP contribution in [0.5, 0.6) is 0 Å². The van der Waals surface area contributed by atoms with Gasteiger partial charge >= 0.3 is 7.12 Å². The number of aromatic nitrogens is 2. The van der Waals surface area contributed by atoms with E-state index in [1.165, 1.54) is 0 Å². The summed E-state index contributed by atoms with van der Waals surface area (Å²) in [4.78, 5) is 8.64. The van der Waals surface area contributed by atoms with Gasteiger partial charge in [0, 0.05) is 17.0 Å². The van der Waals surface area contributed by atoms with Crippen LogP contribution in [0.4, 0.5) is 0 Å². The Bertz CT molecular complexity index is 1020. The monoisotopic (exact) mass is 300 g/mol. The molecule has 2 N–H and O–H groups in total. The van der Waals surface area contributed by atoms with Gasteiger partial charge in [0.05, 0.1) is 16.6 Å². The van der Waals surface area contributed by atoms with E-state index in [0.29, 0.717) is 0 Å². The predicted molar refractivity (Wildman–Crippen MR) is 92.3 cm³/mol. The minimum Gasteiger partial charge on any atom is -0.422 e. The van der Waals surface area contributed by atoms with Crippen molar-refractivity contribution in [3.63, 3.8) is 0 Å². The number of pyridine rings is 2. The van der Waals surface area contributed by atoms with E-state index < -0.39 is 7.12 Å². The van der Waals surface area contributed by atoms with Gasteiger partial charge in [-0.15, -0.1) is 0 Å². The van der Waals surface area contributed by atoms with Gasteiger partial charge in [-0.1, -0.05) is 30.3 Å². The minimum absolute atomic E-state index is 0.248. The van der Waals surface area contributed by atoms with Gasteiger partial charge in [0.25, 0.3) is 0 Å². The van der Waals surface area contributed by atoms with Crippen molar-refractivity contribution in [2.45, 2.75) is 0 Å². The van der Waals surface area contributed by atoms with E-state index in [4.69, 9.17) is 0 Å². The molecule has 0 spiro atoms. The number of hydrogen-bond acceptors (Lipinski definition) is 4. The molecule has 0 fully saturated rings. The Labute approximate surface area is 133 Å². The average molecular weight is 300 g/mol. The second-order valence-electron chi connectivity index (χ2n) is 5.43. The van der Waals surface area contributed by atoms with Crippen molar-refractivity contribution < 1.29 is 10.0 Å². The number of rotatable bonds is 2. The molecule has 4 rings (SSSR count). The van der Waals surface area contributed by atoms with Crippen molar-refractivity contribution in [3.05, 3.63) is 66.9 Å². The fourth-order valence-electron chi connectivity index (χ4n) is 2.71. The lowest BCUT2D eigenvalue weighted by atomic mass is 9.85. The summed E-state index contributed by atoms with van der Waals surface area (Å²) in [5, 5.41) is 20.6. The van der Waals surface area contributed by atoms with E-state index in [1.54, 1.807) is 12.3 Å². The summed E-state index contributed by atoms with van der Waals surface area (Å²) >= 11 is 0. The molecule has 5 heteroatoms. The summed E-state index contributed by atoms with van der Waals surface area (Å²) in [6, 6.07) is 19.5. The van der Waals surface area contributed by atoms with Crippen LogP contribution in [0.2, 0.25) is 0 Å². The van der Waals surface area contributed by atoms with Crippen LogP contribution in [0.15, 0.2) is 66.9 Å². The molecule has 0 radical (unpaired) electrons. The molecule has 0 saturated carbocycles. The molecule has 0 atom stereocenters. The largest absolute Gasteiger partial charge is 0.508 e. The molecule has 2 heterocycles. The molecule has 0 aliphatic heterocycles. The number of fused-ring (bicyclic) bond motifs is 2. The summed E-state index contributed by atoms with van der Waals surface area (Å²) in [7, 11) is -1.56. The van der Waals surface area contributed by atoms with Crippen LogP contribution in [0, 0.1) is 0 Å². The summed E-state index contributed by atoms with van der Waals surface area (Å²) in [5.41, 5.74) is 4.04. The molecular weight excluding hydrogens is 287 g/mol. The lowest BCUT2D eigenvalue weighted by molar-refractivity contribution is 0.424. The maximum atomic E-state index is 9.27. The van der Waals surface area contributed by atoms with Crippen LogP contribution in [0.3, 0.4) is 0 Å². The molecule has 23 heavy (non-hydrogen) atoms. The zero-order valence-corrected chi connectivity index (χ0v) is 12.2. The van der Waals surface area contributed by atoms with E-state index in [1.807, 2.05) is 48.5 Å². The number of benzene rings is 2. The van der Waals surface area contributed by atoms with E-state index in [9.17, 15) is 10.0 Å². The van der Waals surface area contributed by atoms with Crippen molar-refractivity contribution in [2.24, 2.45) is 0 Å². The van der Waals surface area contributed by atoms with Gasteiger partial charge in [0.2, 0.25) is 0 Å². The quantitative estimate of drug-likeness (QED) is 0.557. The normalized spacial score (nSPS) is 11.0. The highest BCUT2D eigenvalue weighted by Gasteiger charge is 2.13. The Morgan fingerprint density at radius 2 is 1.52 bits per heavy atom. The lowest BCUT2D eigenvalue weighted by Gasteiger charge is -2.07. The van der Waals surface area contributed by atoms with Crippen molar-refractivity contribution in [1.82, 2.24) is 9.97 Å². The third-order valence-corrected chi connectivity index (χ3v) is 3.91. The van der Waals surface area contributed by atoms with E-state index in [0.717, 1.165) is 32.9 Å². The molecule has 110 valence electrons. The Kier molecular flexibility index (Phi) is 3.30. The zero-order chi connectivity index (χ0) is 15.8. The van der Waals surface area contributed by atoms with Crippen LogP contribution in [-0.2, 0) is 0 Å². The lowest BCUT2D eigenvalue weighted by Crippen LogP contribution is -2.32. The van der Waals surface area contributed by atoms with Gasteiger partial charge in [0.1, 0.15) is 0 Å². The number of nitrogens with zero attached hydrogens (tertiary/aromatic N) is 2. The standard InChI is InChI=1S/C18H13BN2O2/c22-19(23)18-8-6-12-3-4-14(11-17(12)21-18)13-5-7-16-15(10-13)2-1-9-20-16/h1-11,22-23H. The first-order valence-electron chi connectivity index (χ1n) is 7.33. The van der Waals surface area contributed by atoms with E-state index in [-0.39, 0.29) is 5.59 Å². The van der Waals surface area contributed by atoms with Crippen LogP contribution in [0.25, 0.3) is 32.9 Å². The molecule has 0 bridgehead atoms. The molecule has 0 saturated heterocycles. The summed E-state index contributed by atoms with van der Waals surface area (Å²) in [6.45, 7) is 0. The van der Waals surface area contributed by atoms with Crippen molar-refractivity contribution in [2.75, 3.05) is 0 Å². The topological polar surface area (TPSA) is 66.2 Å². The maximum absolute atomic E-state index is 9.27. The third-order valence-electron chi connectivity index (χ3n) is 3.91. The molecule has 0 aliphatic rings.